The smallest absolute Gasteiger partial charge is 0.254 e. The molecule has 5 nitrogen and oxygen atoms in total. The lowest BCUT2D eigenvalue weighted by atomic mass is 10.1. The number of H-pyrrole nitrogens is 1. The number of fused-ring (bicyclic) bond motifs is 1. The molecule has 0 amide bonds. The van der Waals surface area contributed by atoms with Crippen LogP contribution in [0.15, 0.2) is 45.8 Å². The zero-order valence-corrected chi connectivity index (χ0v) is 14.8. The van der Waals surface area contributed by atoms with E-state index in [4.69, 9.17) is 27.6 Å². The van der Waals surface area contributed by atoms with Crippen molar-refractivity contribution >= 4 is 23.2 Å². The number of hydrogen-bond donors (Lipinski definition) is 1. The minimum absolute atomic E-state index is 0.0955. The van der Waals surface area contributed by atoms with Gasteiger partial charge in [-0.25, -0.2) is 4.98 Å². The predicted molar refractivity (Wildman–Crippen MR) is 96.8 cm³/mol. The zero-order chi connectivity index (χ0) is 17.4. The molecule has 0 fully saturated rings. The van der Waals surface area contributed by atoms with E-state index in [2.05, 4.69) is 14.9 Å². The van der Waals surface area contributed by atoms with E-state index < -0.39 is 0 Å². The van der Waals surface area contributed by atoms with Crippen LogP contribution in [0.1, 0.15) is 16.8 Å². The number of aromatic amines is 1. The summed E-state index contributed by atoms with van der Waals surface area (Å²) in [4.78, 5) is 22.0. The highest BCUT2D eigenvalue weighted by Gasteiger charge is 2.22. The van der Waals surface area contributed by atoms with Crippen LogP contribution in [0.25, 0.3) is 11.6 Å². The van der Waals surface area contributed by atoms with Crippen LogP contribution in [0.4, 0.5) is 0 Å². The largest absolute Gasteiger partial charge is 0.461 e. The van der Waals surface area contributed by atoms with Crippen molar-refractivity contribution in [3.05, 3.63) is 73.8 Å². The van der Waals surface area contributed by atoms with Crippen LogP contribution >= 0.6 is 23.2 Å². The lowest BCUT2D eigenvalue weighted by Crippen LogP contribution is -2.35. The molecule has 0 unspecified atom stereocenters. The van der Waals surface area contributed by atoms with Gasteiger partial charge in [0, 0.05) is 35.2 Å². The van der Waals surface area contributed by atoms with Gasteiger partial charge in [-0.15, -0.1) is 0 Å². The average molecular weight is 376 g/mol. The van der Waals surface area contributed by atoms with Gasteiger partial charge >= 0.3 is 0 Å². The van der Waals surface area contributed by atoms with E-state index in [0.29, 0.717) is 41.1 Å². The van der Waals surface area contributed by atoms with Gasteiger partial charge in [-0.1, -0.05) is 23.2 Å². The molecule has 0 aliphatic carbocycles. The standard InChI is InChI=1S/C18H15Cl2N3O2/c19-12-6-11(7-13(20)8-12)9-23-4-3-14-15(10-23)21-17(22-18(14)24)16-2-1-5-25-16/h1-2,5-8H,3-4,9-10H2,(H,21,22,24). The predicted octanol–water partition coefficient (Wildman–Crippen LogP) is 3.90. The zero-order valence-electron chi connectivity index (χ0n) is 13.3. The number of benzene rings is 1. The number of nitrogens with zero attached hydrogens (tertiary/aromatic N) is 2. The Morgan fingerprint density at radius 2 is 2.04 bits per heavy atom. The maximum atomic E-state index is 12.3. The van der Waals surface area contributed by atoms with Gasteiger partial charge in [-0.3, -0.25) is 9.69 Å². The number of halogens is 2. The quantitative estimate of drug-likeness (QED) is 0.753. The molecule has 3 aromatic rings. The molecule has 0 bridgehead atoms. The molecule has 128 valence electrons. The van der Waals surface area contributed by atoms with Crippen molar-refractivity contribution in [2.75, 3.05) is 6.54 Å². The molecule has 0 radical (unpaired) electrons. The number of rotatable bonds is 3. The second-order valence-corrected chi connectivity index (χ2v) is 6.93. The Kier molecular flexibility index (Phi) is 4.37. The van der Waals surface area contributed by atoms with E-state index in [-0.39, 0.29) is 5.56 Å². The third kappa shape index (κ3) is 3.49. The molecule has 0 saturated heterocycles. The van der Waals surface area contributed by atoms with Crippen LogP contribution in [0, 0.1) is 0 Å². The molecule has 1 N–H and O–H groups in total. The van der Waals surface area contributed by atoms with Crippen molar-refractivity contribution in [2.45, 2.75) is 19.5 Å². The molecular weight excluding hydrogens is 361 g/mol. The molecular formula is C18H15Cl2N3O2. The Hall–Kier alpha value is -2.08. The van der Waals surface area contributed by atoms with Crippen LogP contribution in [0.3, 0.4) is 0 Å². The van der Waals surface area contributed by atoms with Gasteiger partial charge in [0.1, 0.15) is 0 Å². The molecule has 0 atom stereocenters. The summed E-state index contributed by atoms with van der Waals surface area (Å²) >= 11 is 12.2. The van der Waals surface area contributed by atoms with Crippen molar-refractivity contribution in [1.82, 2.24) is 14.9 Å². The van der Waals surface area contributed by atoms with Crippen LogP contribution in [0.5, 0.6) is 0 Å². The molecule has 7 heteroatoms. The Morgan fingerprint density at radius 1 is 1.24 bits per heavy atom. The Morgan fingerprint density at radius 3 is 2.76 bits per heavy atom. The third-order valence-corrected chi connectivity index (χ3v) is 4.67. The highest BCUT2D eigenvalue weighted by molar-refractivity contribution is 6.34. The second kappa shape index (κ2) is 6.67. The molecule has 1 aliphatic heterocycles. The van der Waals surface area contributed by atoms with Crippen molar-refractivity contribution in [2.24, 2.45) is 0 Å². The lowest BCUT2D eigenvalue weighted by molar-refractivity contribution is 0.240. The minimum Gasteiger partial charge on any atom is -0.461 e. The van der Waals surface area contributed by atoms with Gasteiger partial charge in [0.25, 0.3) is 5.56 Å². The number of hydrogen-bond acceptors (Lipinski definition) is 4. The van der Waals surface area contributed by atoms with Gasteiger partial charge in [0.2, 0.25) is 0 Å². The van der Waals surface area contributed by atoms with Crippen molar-refractivity contribution in [3.8, 4) is 11.6 Å². The molecule has 4 rings (SSSR count). The summed E-state index contributed by atoms with van der Waals surface area (Å²) in [7, 11) is 0. The van der Waals surface area contributed by atoms with E-state index in [0.717, 1.165) is 23.4 Å². The van der Waals surface area contributed by atoms with Gasteiger partial charge in [0.15, 0.2) is 11.6 Å². The van der Waals surface area contributed by atoms with E-state index in [1.807, 2.05) is 12.1 Å². The summed E-state index contributed by atoms with van der Waals surface area (Å²) in [5.41, 5.74) is 2.48. The first-order chi connectivity index (χ1) is 12.1. The summed E-state index contributed by atoms with van der Waals surface area (Å²) in [5.74, 6) is 1.01. The van der Waals surface area contributed by atoms with Gasteiger partial charge in [-0.2, -0.15) is 0 Å². The first-order valence-corrected chi connectivity index (χ1v) is 8.67. The molecule has 0 saturated carbocycles. The molecule has 0 spiro atoms. The first-order valence-electron chi connectivity index (χ1n) is 7.92. The highest BCUT2D eigenvalue weighted by atomic mass is 35.5. The van der Waals surface area contributed by atoms with Crippen molar-refractivity contribution < 1.29 is 4.42 Å². The molecule has 3 heterocycles. The van der Waals surface area contributed by atoms with Gasteiger partial charge in [-0.05, 0) is 42.3 Å². The van der Waals surface area contributed by atoms with Gasteiger partial charge < -0.3 is 9.40 Å². The number of furan rings is 1. The Labute approximate surface area is 154 Å². The van der Waals surface area contributed by atoms with E-state index in [1.165, 1.54) is 0 Å². The summed E-state index contributed by atoms with van der Waals surface area (Å²) in [6.45, 7) is 2.07. The van der Waals surface area contributed by atoms with Crippen LogP contribution in [0.2, 0.25) is 10.0 Å². The maximum Gasteiger partial charge on any atom is 0.254 e. The average Bonchev–Trinajstić information content (AvgIpc) is 3.08. The van der Waals surface area contributed by atoms with Gasteiger partial charge in [0.05, 0.1) is 12.0 Å². The number of aromatic nitrogens is 2. The van der Waals surface area contributed by atoms with E-state index in [1.54, 1.807) is 24.5 Å². The summed E-state index contributed by atoms with van der Waals surface area (Å²) in [6, 6.07) is 9.07. The van der Waals surface area contributed by atoms with Crippen LogP contribution in [-0.4, -0.2) is 21.4 Å². The topological polar surface area (TPSA) is 62.1 Å². The summed E-state index contributed by atoms with van der Waals surface area (Å²) < 4.78 is 5.34. The second-order valence-electron chi connectivity index (χ2n) is 6.06. The summed E-state index contributed by atoms with van der Waals surface area (Å²) in [5, 5.41) is 1.24. The Bertz CT molecular complexity index is 947. The first kappa shape index (κ1) is 16.4. The van der Waals surface area contributed by atoms with Crippen LogP contribution < -0.4 is 5.56 Å². The molecule has 1 aromatic carbocycles. The Balaban J connectivity index is 1.61. The lowest BCUT2D eigenvalue weighted by Gasteiger charge is -2.27. The molecule has 1 aliphatic rings. The fourth-order valence-electron chi connectivity index (χ4n) is 3.12. The SMILES string of the molecule is O=c1[nH]c(-c2ccco2)nc2c1CCN(Cc1cc(Cl)cc(Cl)c1)C2. The fourth-order valence-corrected chi connectivity index (χ4v) is 3.69. The highest BCUT2D eigenvalue weighted by Crippen LogP contribution is 2.23. The molecule has 25 heavy (non-hydrogen) atoms. The van der Waals surface area contributed by atoms with Crippen molar-refractivity contribution in [1.29, 1.82) is 0 Å². The third-order valence-electron chi connectivity index (χ3n) is 4.24. The minimum atomic E-state index is -0.0955. The maximum absolute atomic E-state index is 12.3. The summed E-state index contributed by atoms with van der Waals surface area (Å²) in [6.07, 6.45) is 2.22. The van der Waals surface area contributed by atoms with E-state index >= 15 is 0 Å². The van der Waals surface area contributed by atoms with Crippen molar-refractivity contribution in [3.63, 3.8) is 0 Å². The molecule has 2 aromatic heterocycles. The normalized spacial score (nSPS) is 14.5. The number of nitrogens with one attached hydrogen (secondary N) is 1. The fraction of sp³-hybridized carbons (Fsp3) is 0.222. The van der Waals surface area contributed by atoms with Crippen LogP contribution in [-0.2, 0) is 19.5 Å². The monoisotopic (exact) mass is 375 g/mol. The van der Waals surface area contributed by atoms with E-state index in [9.17, 15) is 4.79 Å².